The summed E-state index contributed by atoms with van der Waals surface area (Å²) < 4.78 is 0. The molecule has 68 valence electrons. The maximum atomic E-state index is 10.0. The fourth-order valence-electron chi connectivity index (χ4n) is 0.649. The number of hydrogen-bond acceptors (Lipinski definition) is 2. The van der Waals surface area contributed by atoms with Crippen molar-refractivity contribution in [3.05, 3.63) is 12.2 Å². The van der Waals surface area contributed by atoms with Crippen LogP contribution in [0.5, 0.6) is 0 Å². The van der Waals surface area contributed by atoms with Crippen LogP contribution in [-0.4, -0.2) is 22.2 Å². The van der Waals surface area contributed by atoms with Crippen LogP contribution in [0.3, 0.4) is 0 Å². The van der Waals surface area contributed by atoms with Gasteiger partial charge in [0.05, 0.1) is 0 Å². The van der Waals surface area contributed by atoms with Gasteiger partial charge in [-0.3, -0.25) is 9.59 Å². The van der Waals surface area contributed by atoms with Crippen LogP contribution >= 0.6 is 0 Å². The zero-order valence-electron chi connectivity index (χ0n) is 6.69. The maximum Gasteiger partial charge on any atom is 0.303 e. The van der Waals surface area contributed by atoms with Crippen LogP contribution in [0.25, 0.3) is 0 Å². The summed E-state index contributed by atoms with van der Waals surface area (Å²) in [6, 6.07) is 0. The van der Waals surface area contributed by atoms with Gasteiger partial charge in [-0.25, -0.2) is 0 Å². The summed E-state index contributed by atoms with van der Waals surface area (Å²) >= 11 is 0. The number of hydrogen-bond donors (Lipinski definition) is 2. The molecule has 0 aromatic heterocycles. The van der Waals surface area contributed by atoms with Crippen molar-refractivity contribution in [2.24, 2.45) is 0 Å². The monoisotopic (exact) mass is 172 g/mol. The fraction of sp³-hybridized carbons (Fsp3) is 0.500. The summed E-state index contributed by atoms with van der Waals surface area (Å²) in [5.74, 6) is -1.67. The molecule has 0 atom stereocenters. The van der Waals surface area contributed by atoms with Gasteiger partial charge < -0.3 is 10.2 Å². The molecule has 2 N–H and O–H groups in total. The minimum Gasteiger partial charge on any atom is -0.481 e. The number of carboxylic acids is 2. The molecular weight excluding hydrogens is 160 g/mol. The van der Waals surface area contributed by atoms with E-state index in [-0.39, 0.29) is 12.8 Å². The van der Waals surface area contributed by atoms with Crippen LogP contribution in [0.4, 0.5) is 0 Å². The van der Waals surface area contributed by atoms with Crippen LogP contribution < -0.4 is 0 Å². The topological polar surface area (TPSA) is 74.6 Å². The van der Waals surface area contributed by atoms with Crippen LogP contribution in [-0.2, 0) is 9.59 Å². The third-order valence-corrected chi connectivity index (χ3v) is 1.22. The zero-order chi connectivity index (χ0) is 9.40. The molecule has 0 bridgehead atoms. The van der Waals surface area contributed by atoms with Crippen molar-refractivity contribution >= 4 is 11.9 Å². The van der Waals surface area contributed by atoms with Gasteiger partial charge in [0.2, 0.25) is 0 Å². The van der Waals surface area contributed by atoms with Gasteiger partial charge in [-0.2, -0.15) is 0 Å². The lowest BCUT2D eigenvalue weighted by molar-refractivity contribution is -0.138. The Labute approximate surface area is 70.5 Å². The number of carbonyl (C=O) groups is 2. The molecule has 0 heterocycles. The van der Waals surface area contributed by atoms with Gasteiger partial charge in [-0.1, -0.05) is 12.2 Å². The molecule has 0 unspecified atom stereocenters. The molecule has 0 radical (unpaired) electrons. The van der Waals surface area contributed by atoms with Crippen molar-refractivity contribution in [1.82, 2.24) is 0 Å². The van der Waals surface area contributed by atoms with Gasteiger partial charge in [-0.15, -0.1) is 0 Å². The molecule has 0 aliphatic heterocycles. The van der Waals surface area contributed by atoms with E-state index in [1.54, 1.807) is 12.2 Å². The predicted octanol–water partition coefficient (Wildman–Crippen LogP) is 1.27. The van der Waals surface area contributed by atoms with Crippen LogP contribution in [0.2, 0.25) is 0 Å². The van der Waals surface area contributed by atoms with E-state index in [1.807, 2.05) is 0 Å². The van der Waals surface area contributed by atoms with E-state index in [2.05, 4.69) is 0 Å². The molecule has 0 aliphatic rings. The second-order valence-corrected chi connectivity index (χ2v) is 2.34. The van der Waals surface area contributed by atoms with E-state index in [4.69, 9.17) is 10.2 Å². The van der Waals surface area contributed by atoms with Crippen molar-refractivity contribution in [3.63, 3.8) is 0 Å². The molecule has 12 heavy (non-hydrogen) atoms. The summed E-state index contributed by atoms with van der Waals surface area (Å²) in [6.07, 6.45) is 4.52. The summed E-state index contributed by atoms with van der Waals surface area (Å²) in [4.78, 5) is 20.0. The highest BCUT2D eigenvalue weighted by Gasteiger charge is 1.93. The van der Waals surface area contributed by atoms with E-state index >= 15 is 0 Å². The first-order chi connectivity index (χ1) is 5.63. The van der Waals surface area contributed by atoms with E-state index in [0.29, 0.717) is 12.8 Å². The summed E-state index contributed by atoms with van der Waals surface area (Å²) in [7, 11) is 0. The van der Waals surface area contributed by atoms with Crippen LogP contribution in [0.15, 0.2) is 12.2 Å². The Balaban J connectivity index is 3.26. The largest absolute Gasteiger partial charge is 0.481 e. The van der Waals surface area contributed by atoms with Crippen molar-refractivity contribution in [3.8, 4) is 0 Å². The molecule has 0 amide bonds. The van der Waals surface area contributed by atoms with Gasteiger partial charge in [0.1, 0.15) is 0 Å². The average molecular weight is 172 g/mol. The Morgan fingerprint density at radius 2 is 1.25 bits per heavy atom. The lowest BCUT2D eigenvalue weighted by Crippen LogP contribution is -1.93. The van der Waals surface area contributed by atoms with E-state index in [0.717, 1.165) is 0 Å². The van der Waals surface area contributed by atoms with E-state index in [9.17, 15) is 9.59 Å². The Kier molecular flexibility index (Phi) is 5.69. The Bertz CT molecular complexity index is 163. The third kappa shape index (κ3) is 8.68. The standard InChI is InChI=1S/C8H12O4/c9-7(10)5-3-1-2-4-6-8(11)12/h1-2H,3-6H2,(H,9,10)(H,11,12)/b2-1-. The van der Waals surface area contributed by atoms with Gasteiger partial charge in [0.25, 0.3) is 0 Å². The predicted molar refractivity (Wildman–Crippen MR) is 42.9 cm³/mol. The van der Waals surface area contributed by atoms with Crippen LogP contribution in [0, 0.1) is 0 Å². The molecule has 4 heteroatoms. The van der Waals surface area contributed by atoms with E-state index < -0.39 is 11.9 Å². The molecule has 0 saturated heterocycles. The number of carboxylic acid groups (broad SMARTS) is 2. The zero-order valence-corrected chi connectivity index (χ0v) is 6.69. The van der Waals surface area contributed by atoms with E-state index in [1.165, 1.54) is 0 Å². The Morgan fingerprint density at radius 1 is 0.917 bits per heavy atom. The molecule has 0 rings (SSSR count). The highest BCUT2D eigenvalue weighted by Crippen LogP contribution is 1.95. The summed E-state index contributed by atoms with van der Waals surface area (Å²) in [6.45, 7) is 0. The second kappa shape index (κ2) is 6.39. The molecule has 0 aromatic rings. The van der Waals surface area contributed by atoms with Gasteiger partial charge in [-0.05, 0) is 12.8 Å². The minimum absolute atomic E-state index is 0.101. The average Bonchev–Trinajstić information content (AvgIpc) is 1.95. The first-order valence-corrected chi connectivity index (χ1v) is 3.71. The van der Waals surface area contributed by atoms with Crippen molar-refractivity contribution in [2.75, 3.05) is 0 Å². The number of rotatable bonds is 6. The fourth-order valence-corrected chi connectivity index (χ4v) is 0.649. The first kappa shape index (κ1) is 10.7. The quantitative estimate of drug-likeness (QED) is 0.591. The van der Waals surface area contributed by atoms with Crippen LogP contribution in [0.1, 0.15) is 25.7 Å². The normalized spacial score (nSPS) is 10.3. The third-order valence-electron chi connectivity index (χ3n) is 1.22. The summed E-state index contributed by atoms with van der Waals surface area (Å²) in [5, 5.41) is 16.5. The maximum absolute atomic E-state index is 10.0. The number of allylic oxidation sites excluding steroid dienone is 2. The van der Waals surface area contributed by atoms with Crippen molar-refractivity contribution < 1.29 is 19.8 Å². The van der Waals surface area contributed by atoms with Crippen molar-refractivity contribution in [2.45, 2.75) is 25.7 Å². The highest BCUT2D eigenvalue weighted by atomic mass is 16.4. The lowest BCUT2D eigenvalue weighted by Gasteiger charge is -1.88. The molecular formula is C8H12O4. The smallest absolute Gasteiger partial charge is 0.303 e. The molecule has 0 saturated carbocycles. The SMILES string of the molecule is O=C(O)CC/C=C\CCC(=O)O. The summed E-state index contributed by atoms with van der Waals surface area (Å²) in [5.41, 5.74) is 0. The lowest BCUT2D eigenvalue weighted by atomic mass is 10.2. The second-order valence-electron chi connectivity index (χ2n) is 2.34. The van der Waals surface area contributed by atoms with Gasteiger partial charge in [0.15, 0.2) is 0 Å². The minimum atomic E-state index is -0.835. The van der Waals surface area contributed by atoms with Gasteiger partial charge >= 0.3 is 11.9 Å². The molecule has 4 nitrogen and oxygen atoms in total. The highest BCUT2D eigenvalue weighted by molar-refractivity contribution is 5.67. The Hall–Kier alpha value is -1.32. The molecule has 0 spiro atoms. The van der Waals surface area contributed by atoms with Gasteiger partial charge in [0, 0.05) is 12.8 Å². The molecule has 0 aromatic carbocycles. The van der Waals surface area contributed by atoms with Crippen molar-refractivity contribution in [1.29, 1.82) is 0 Å². The molecule has 0 aliphatic carbocycles. The Morgan fingerprint density at radius 3 is 1.50 bits per heavy atom. The number of aliphatic carboxylic acids is 2. The first-order valence-electron chi connectivity index (χ1n) is 3.71. The molecule has 0 fully saturated rings.